The zero-order chi connectivity index (χ0) is 21.2. The molecule has 0 bridgehead atoms. The van der Waals surface area contributed by atoms with Crippen LogP contribution >= 0.6 is 0 Å². The van der Waals surface area contributed by atoms with E-state index in [1.807, 2.05) is 37.8 Å². The minimum atomic E-state index is -0.432. The summed E-state index contributed by atoms with van der Waals surface area (Å²) in [6.07, 6.45) is 4.37. The molecule has 0 radical (unpaired) electrons. The summed E-state index contributed by atoms with van der Waals surface area (Å²) in [6, 6.07) is 6.59. The molecular formula is C23H36N2O4. The Morgan fingerprint density at radius 2 is 1.83 bits per heavy atom. The van der Waals surface area contributed by atoms with Crippen LogP contribution in [0.4, 0.5) is 4.79 Å². The first-order valence-electron chi connectivity index (χ1n) is 10.5. The van der Waals surface area contributed by atoms with Crippen LogP contribution in [0.3, 0.4) is 0 Å². The minimum Gasteiger partial charge on any atom is -0.497 e. The molecule has 1 aromatic carbocycles. The van der Waals surface area contributed by atoms with Crippen molar-refractivity contribution in [3.8, 4) is 11.5 Å². The van der Waals surface area contributed by atoms with E-state index in [4.69, 9.17) is 14.2 Å². The van der Waals surface area contributed by atoms with Gasteiger partial charge in [0.1, 0.15) is 17.1 Å². The van der Waals surface area contributed by atoms with Gasteiger partial charge in [0.15, 0.2) is 0 Å². The summed E-state index contributed by atoms with van der Waals surface area (Å²) in [5.74, 6) is 1.68. The van der Waals surface area contributed by atoms with E-state index >= 15 is 0 Å². The van der Waals surface area contributed by atoms with Crippen LogP contribution in [-0.4, -0.2) is 61.9 Å². The lowest BCUT2D eigenvalue weighted by Crippen LogP contribution is -2.55. The second-order valence-electron chi connectivity index (χ2n) is 9.62. The molecule has 0 unspecified atom stereocenters. The second kappa shape index (κ2) is 8.42. The summed E-state index contributed by atoms with van der Waals surface area (Å²) in [4.78, 5) is 16.6. The fraction of sp³-hybridized carbons (Fsp3) is 0.696. The number of piperidine rings is 1. The van der Waals surface area contributed by atoms with Gasteiger partial charge in [0.05, 0.1) is 14.2 Å². The van der Waals surface area contributed by atoms with E-state index in [9.17, 15) is 4.79 Å². The molecule has 1 saturated carbocycles. The topological polar surface area (TPSA) is 51.2 Å². The van der Waals surface area contributed by atoms with Gasteiger partial charge in [0, 0.05) is 37.3 Å². The highest BCUT2D eigenvalue weighted by atomic mass is 16.6. The highest BCUT2D eigenvalue weighted by Crippen LogP contribution is 2.51. The highest BCUT2D eigenvalue weighted by molar-refractivity contribution is 5.68. The molecule has 1 aromatic rings. The van der Waals surface area contributed by atoms with Crippen LogP contribution in [0.15, 0.2) is 18.2 Å². The molecule has 6 nitrogen and oxygen atoms in total. The van der Waals surface area contributed by atoms with E-state index < -0.39 is 5.60 Å². The smallest absolute Gasteiger partial charge is 0.410 e. The van der Waals surface area contributed by atoms with E-state index in [1.54, 1.807) is 14.2 Å². The lowest BCUT2D eigenvalue weighted by Gasteiger charge is -2.54. The molecule has 0 atom stereocenters. The predicted octanol–water partition coefficient (Wildman–Crippen LogP) is 4.32. The van der Waals surface area contributed by atoms with Crippen LogP contribution in [0.2, 0.25) is 0 Å². The first kappa shape index (κ1) is 21.8. The molecule has 29 heavy (non-hydrogen) atoms. The summed E-state index contributed by atoms with van der Waals surface area (Å²) in [6.45, 7) is 8.22. The van der Waals surface area contributed by atoms with Gasteiger partial charge in [-0.25, -0.2) is 4.79 Å². The van der Waals surface area contributed by atoms with Crippen molar-refractivity contribution in [1.29, 1.82) is 0 Å². The van der Waals surface area contributed by atoms with Crippen molar-refractivity contribution < 1.29 is 19.0 Å². The average molecular weight is 405 g/mol. The minimum absolute atomic E-state index is 0.174. The van der Waals surface area contributed by atoms with Gasteiger partial charge in [-0.1, -0.05) is 6.07 Å². The summed E-state index contributed by atoms with van der Waals surface area (Å²) in [7, 11) is 5.56. The average Bonchev–Trinajstić information content (AvgIpc) is 2.65. The van der Waals surface area contributed by atoms with Gasteiger partial charge < -0.3 is 19.1 Å². The van der Waals surface area contributed by atoms with Crippen LogP contribution in [-0.2, 0) is 11.3 Å². The normalized spacial score (nSPS) is 19.2. The number of likely N-dealkylation sites (tertiary alicyclic amines) is 1. The quantitative estimate of drug-likeness (QED) is 0.732. The Kier molecular flexibility index (Phi) is 6.32. The van der Waals surface area contributed by atoms with Crippen molar-refractivity contribution in [3.63, 3.8) is 0 Å². The zero-order valence-corrected chi connectivity index (χ0v) is 18.8. The molecule has 0 aromatic heterocycles. The van der Waals surface area contributed by atoms with E-state index in [2.05, 4.69) is 18.0 Å². The maximum atomic E-state index is 12.3. The molecule has 1 heterocycles. The van der Waals surface area contributed by atoms with Crippen LogP contribution in [0.25, 0.3) is 0 Å². The SMILES string of the molecule is COc1ccc(CN(C)C2CC3(CCN(C(=O)OC(C)(C)C)CC3)C2)c(OC)c1. The van der Waals surface area contributed by atoms with Crippen molar-refractivity contribution in [3.05, 3.63) is 23.8 Å². The number of rotatable bonds is 5. The number of carbonyl (C=O) groups is 1. The molecule has 2 aliphatic rings. The molecule has 0 N–H and O–H groups in total. The number of amides is 1. The molecule has 162 valence electrons. The van der Waals surface area contributed by atoms with Crippen LogP contribution in [0, 0.1) is 5.41 Å². The molecule has 2 fully saturated rings. The summed E-state index contributed by atoms with van der Waals surface area (Å²) >= 11 is 0. The van der Waals surface area contributed by atoms with Crippen molar-refractivity contribution in [1.82, 2.24) is 9.80 Å². The molecule has 1 saturated heterocycles. The van der Waals surface area contributed by atoms with Gasteiger partial charge >= 0.3 is 6.09 Å². The molecule has 1 aliphatic heterocycles. The number of ether oxygens (including phenoxy) is 3. The Morgan fingerprint density at radius 3 is 2.38 bits per heavy atom. The molecule has 1 spiro atoms. The number of hydrogen-bond acceptors (Lipinski definition) is 5. The van der Waals surface area contributed by atoms with Gasteiger partial charge in [0.2, 0.25) is 0 Å². The summed E-state index contributed by atoms with van der Waals surface area (Å²) < 4.78 is 16.4. The molecule has 3 rings (SSSR count). The maximum absolute atomic E-state index is 12.3. The Labute approximate surface area is 175 Å². The third kappa shape index (κ3) is 5.16. The molecule has 1 aliphatic carbocycles. The Hall–Kier alpha value is -1.95. The van der Waals surface area contributed by atoms with Gasteiger partial charge in [-0.05, 0) is 65.0 Å². The van der Waals surface area contributed by atoms with E-state index in [1.165, 1.54) is 18.4 Å². The van der Waals surface area contributed by atoms with Gasteiger partial charge in [-0.3, -0.25) is 4.90 Å². The van der Waals surface area contributed by atoms with E-state index in [-0.39, 0.29) is 6.09 Å². The van der Waals surface area contributed by atoms with Crippen LogP contribution in [0.1, 0.15) is 52.0 Å². The highest BCUT2D eigenvalue weighted by Gasteiger charge is 2.47. The Bertz CT molecular complexity index is 712. The fourth-order valence-electron chi connectivity index (χ4n) is 4.53. The van der Waals surface area contributed by atoms with Crippen LogP contribution in [0.5, 0.6) is 11.5 Å². The second-order valence-corrected chi connectivity index (χ2v) is 9.62. The molecule has 6 heteroatoms. The van der Waals surface area contributed by atoms with Crippen LogP contribution < -0.4 is 9.47 Å². The first-order chi connectivity index (χ1) is 13.6. The van der Waals surface area contributed by atoms with Crippen molar-refractivity contribution in [2.75, 3.05) is 34.4 Å². The third-order valence-corrected chi connectivity index (χ3v) is 6.35. The monoisotopic (exact) mass is 404 g/mol. The number of hydrogen-bond donors (Lipinski definition) is 0. The van der Waals surface area contributed by atoms with Gasteiger partial charge in [0.25, 0.3) is 0 Å². The first-order valence-corrected chi connectivity index (χ1v) is 10.5. The number of methoxy groups -OCH3 is 2. The third-order valence-electron chi connectivity index (χ3n) is 6.35. The number of carbonyl (C=O) groups excluding carboxylic acids is 1. The van der Waals surface area contributed by atoms with Gasteiger partial charge in [-0.2, -0.15) is 0 Å². The summed E-state index contributed by atoms with van der Waals surface area (Å²) in [5, 5.41) is 0. The maximum Gasteiger partial charge on any atom is 0.410 e. The standard InChI is InChI=1S/C23H36N2O4/c1-22(2,3)29-21(26)25-11-9-23(10-12-25)14-18(15-23)24(4)16-17-7-8-19(27-5)13-20(17)28-6/h7-8,13,18H,9-12,14-16H2,1-6H3. The fourth-order valence-corrected chi connectivity index (χ4v) is 4.53. The van der Waals surface area contributed by atoms with Gasteiger partial charge in [-0.15, -0.1) is 0 Å². The predicted molar refractivity (Wildman–Crippen MR) is 114 cm³/mol. The summed E-state index contributed by atoms with van der Waals surface area (Å²) in [5.41, 5.74) is 1.14. The zero-order valence-electron chi connectivity index (χ0n) is 18.8. The van der Waals surface area contributed by atoms with Crippen molar-refractivity contribution in [2.45, 2.75) is 64.6 Å². The number of benzene rings is 1. The van der Waals surface area contributed by atoms with E-state index in [0.29, 0.717) is 11.5 Å². The largest absolute Gasteiger partial charge is 0.497 e. The molecular weight excluding hydrogens is 368 g/mol. The Morgan fingerprint density at radius 1 is 1.17 bits per heavy atom. The number of nitrogens with zero attached hydrogens (tertiary/aromatic N) is 2. The lowest BCUT2D eigenvalue weighted by atomic mass is 9.60. The van der Waals surface area contributed by atoms with E-state index in [0.717, 1.165) is 44.0 Å². The Balaban J connectivity index is 1.49. The van der Waals surface area contributed by atoms with Crippen molar-refractivity contribution >= 4 is 6.09 Å². The lowest BCUT2D eigenvalue weighted by molar-refractivity contribution is -0.0435. The molecule has 1 amide bonds. The van der Waals surface area contributed by atoms with Crippen molar-refractivity contribution in [2.24, 2.45) is 5.41 Å².